The van der Waals surface area contributed by atoms with Crippen molar-refractivity contribution in [3.63, 3.8) is 0 Å². The normalized spacial score (nSPS) is 13.5. The van der Waals surface area contributed by atoms with E-state index in [-0.39, 0.29) is 11.6 Å². The van der Waals surface area contributed by atoms with Crippen LogP contribution in [0.4, 0.5) is 0 Å². The van der Waals surface area contributed by atoms with E-state index >= 15 is 0 Å². The molecular weight excluding hydrogens is 258 g/mol. The van der Waals surface area contributed by atoms with E-state index in [1.54, 1.807) is 0 Å². The van der Waals surface area contributed by atoms with Gasteiger partial charge in [-0.15, -0.1) is 0 Å². The van der Waals surface area contributed by atoms with E-state index in [1.165, 1.54) is 0 Å². The number of rotatable bonds is 8. The van der Waals surface area contributed by atoms with Crippen molar-refractivity contribution in [3.8, 4) is 0 Å². The Hall–Kier alpha value is -0.570. The lowest BCUT2D eigenvalue weighted by Crippen LogP contribution is -2.45. The summed E-state index contributed by atoms with van der Waals surface area (Å²) in [6.45, 7) is 10.1. The fourth-order valence-electron chi connectivity index (χ4n) is 2.73. The first-order valence-corrected chi connectivity index (χ1v) is 7.64. The lowest BCUT2D eigenvalue weighted by Gasteiger charge is -2.40. The number of hydrogen-bond acceptors (Lipinski definition) is 2. The van der Waals surface area contributed by atoms with Crippen LogP contribution in [0.5, 0.6) is 0 Å². The zero-order valence-corrected chi connectivity index (χ0v) is 13.3. The largest absolute Gasteiger partial charge is 0.373 e. The maximum atomic E-state index is 6.38. The van der Waals surface area contributed by atoms with E-state index in [1.807, 2.05) is 18.2 Å². The van der Waals surface area contributed by atoms with Gasteiger partial charge in [0.15, 0.2) is 0 Å². The van der Waals surface area contributed by atoms with Gasteiger partial charge in [-0.05, 0) is 37.9 Å². The standard InChI is InChI=1S/C16H26ClNO/c1-5-16(6-2,19-8-4)15(18-7-3)13-11-9-10-12-14(13)17/h9-12,15,18H,5-8H2,1-4H3. The molecule has 2 nitrogen and oxygen atoms in total. The third kappa shape index (κ3) is 3.71. The molecule has 0 amide bonds. The molecule has 0 saturated heterocycles. The number of benzene rings is 1. The van der Waals surface area contributed by atoms with Crippen LogP contribution in [-0.4, -0.2) is 18.8 Å². The van der Waals surface area contributed by atoms with Gasteiger partial charge in [-0.2, -0.15) is 0 Å². The second-order valence-corrected chi connectivity index (χ2v) is 5.12. The molecule has 3 heteroatoms. The van der Waals surface area contributed by atoms with E-state index in [0.29, 0.717) is 6.61 Å². The lowest BCUT2D eigenvalue weighted by molar-refractivity contribution is -0.0730. The summed E-state index contributed by atoms with van der Waals surface area (Å²) >= 11 is 6.38. The quantitative estimate of drug-likeness (QED) is 0.754. The summed E-state index contributed by atoms with van der Waals surface area (Å²) in [6, 6.07) is 8.17. The number of nitrogens with one attached hydrogen (secondary N) is 1. The maximum Gasteiger partial charge on any atom is 0.0871 e. The first kappa shape index (κ1) is 16.5. The summed E-state index contributed by atoms with van der Waals surface area (Å²) in [7, 11) is 0. The summed E-state index contributed by atoms with van der Waals surface area (Å²) in [6.07, 6.45) is 1.92. The molecule has 1 aromatic carbocycles. The van der Waals surface area contributed by atoms with Crippen molar-refractivity contribution in [1.29, 1.82) is 0 Å². The molecule has 0 spiro atoms. The minimum atomic E-state index is -0.199. The molecule has 1 unspecified atom stereocenters. The van der Waals surface area contributed by atoms with Gasteiger partial charge < -0.3 is 10.1 Å². The predicted octanol–water partition coefficient (Wildman–Crippen LogP) is 4.59. The Morgan fingerprint density at radius 2 is 1.79 bits per heavy atom. The molecule has 0 aliphatic rings. The van der Waals surface area contributed by atoms with Crippen LogP contribution in [0, 0.1) is 0 Å². The predicted molar refractivity (Wildman–Crippen MR) is 82.8 cm³/mol. The average Bonchev–Trinajstić information content (AvgIpc) is 2.44. The molecule has 0 saturated carbocycles. The van der Waals surface area contributed by atoms with Gasteiger partial charge in [0.05, 0.1) is 11.6 Å². The van der Waals surface area contributed by atoms with Crippen LogP contribution in [0.3, 0.4) is 0 Å². The number of ether oxygens (including phenoxy) is 1. The molecule has 0 aromatic heterocycles. The molecule has 108 valence electrons. The van der Waals surface area contributed by atoms with Crippen LogP contribution >= 0.6 is 11.6 Å². The molecule has 0 radical (unpaired) electrons. The smallest absolute Gasteiger partial charge is 0.0871 e. The van der Waals surface area contributed by atoms with Gasteiger partial charge in [-0.25, -0.2) is 0 Å². The van der Waals surface area contributed by atoms with Gasteiger partial charge in [0.25, 0.3) is 0 Å². The molecule has 1 atom stereocenters. The van der Waals surface area contributed by atoms with Crippen molar-refractivity contribution in [3.05, 3.63) is 34.9 Å². The molecule has 0 aliphatic carbocycles. The topological polar surface area (TPSA) is 21.3 Å². The third-order valence-electron chi connectivity index (χ3n) is 3.78. The molecule has 0 aliphatic heterocycles. The molecule has 19 heavy (non-hydrogen) atoms. The van der Waals surface area contributed by atoms with Gasteiger partial charge in [-0.3, -0.25) is 0 Å². The Morgan fingerprint density at radius 3 is 2.26 bits per heavy atom. The SMILES string of the molecule is CCNC(c1ccccc1Cl)C(CC)(CC)OCC. The van der Waals surface area contributed by atoms with E-state index in [2.05, 4.69) is 39.1 Å². The van der Waals surface area contributed by atoms with E-state index in [4.69, 9.17) is 16.3 Å². The second kappa shape index (κ2) is 7.88. The van der Waals surface area contributed by atoms with E-state index in [9.17, 15) is 0 Å². The van der Waals surface area contributed by atoms with Crippen LogP contribution in [0.25, 0.3) is 0 Å². The van der Waals surface area contributed by atoms with Crippen LogP contribution in [0.1, 0.15) is 52.1 Å². The summed E-state index contributed by atoms with van der Waals surface area (Å²) in [5.74, 6) is 0. The van der Waals surface area contributed by atoms with Crippen molar-refractivity contribution >= 4 is 11.6 Å². The summed E-state index contributed by atoms with van der Waals surface area (Å²) in [4.78, 5) is 0. The first-order chi connectivity index (χ1) is 9.15. The highest BCUT2D eigenvalue weighted by Crippen LogP contribution is 2.38. The van der Waals surface area contributed by atoms with Crippen molar-refractivity contribution in [1.82, 2.24) is 5.32 Å². The minimum Gasteiger partial charge on any atom is -0.373 e. The van der Waals surface area contributed by atoms with E-state index in [0.717, 1.165) is 30.0 Å². The van der Waals surface area contributed by atoms with Gasteiger partial charge in [0.2, 0.25) is 0 Å². The second-order valence-electron chi connectivity index (χ2n) is 4.72. The average molecular weight is 284 g/mol. The Kier molecular flexibility index (Phi) is 6.84. The van der Waals surface area contributed by atoms with Gasteiger partial charge in [0.1, 0.15) is 0 Å². The molecule has 0 bridgehead atoms. The fraction of sp³-hybridized carbons (Fsp3) is 0.625. The Bertz CT molecular complexity index is 377. The van der Waals surface area contributed by atoms with Crippen LogP contribution < -0.4 is 5.32 Å². The Morgan fingerprint density at radius 1 is 1.16 bits per heavy atom. The molecule has 1 aromatic rings. The number of halogens is 1. The summed E-state index contributed by atoms with van der Waals surface area (Å²) < 4.78 is 6.13. The monoisotopic (exact) mass is 283 g/mol. The van der Waals surface area contributed by atoms with Gasteiger partial charge in [-0.1, -0.05) is 50.6 Å². The first-order valence-electron chi connectivity index (χ1n) is 7.26. The maximum absolute atomic E-state index is 6.38. The molecule has 1 rings (SSSR count). The van der Waals surface area contributed by atoms with Crippen molar-refractivity contribution < 1.29 is 4.74 Å². The van der Waals surface area contributed by atoms with Crippen LogP contribution in [0.15, 0.2) is 24.3 Å². The molecule has 0 heterocycles. The van der Waals surface area contributed by atoms with Crippen LogP contribution in [-0.2, 0) is 4.74 Å². The Balaban J connectivity index is 3.20. The zero-order chi connectivity index (χ0) is 14.3. The van der Waals surface area contributed by atoms with Crippen LogP contribution in [0.2, 0.25) is 5.02 Å². The zero-order valence-electron chi connectivity index (χ0n) is 12.5. The highest BCUT2D eigenvalue weighted by Gasteiger charge is 2.37. The minimum absolute atomic E-state index is 0.126. The fourth-order valence-corrected chi connectivity index (χ4v) is 2.97. The van der Waals surface area contributed by atoms with E-state index < -0.39 is 0 Å². The van der Waals surface area contributed by atoms with Crippen molar-refractivity contribution in [2.75, 3.05) is 13.2 Å². The molecule has 1 N–H and O–H groups in total. The number of hydrogen-bond donors (Lipinski definition) is 1. The number of likely N-dealkylation sites (N-methyl/N-ethyl adjacent to an activating group) is 1. The van der Waals surface area contributed by atoms with Gasteiger partial charge in [0, 0.05) is 11.6 Å². The third-order valence-corrected chi connectivity index (χ3v) is 4.12. The lowest BCUT2D eigenvalue weighted by atomic mass is 9.83. The molecule has 0 fully saturated rings. The Labute approximate surface area is 122 Å². The van der Waals surface area contributed by atoms with Crippen molar-refractivity contribution in [2.45, 2.75) is 52.2 Å². The van der Waals surface area contributed by atoms with Gasteiger partial charge >= 0.3 is 0 Å². The summed E-state index contributed by atoms with van der Waals surface area (Å²) in [5, 5.41) is 4.36. The highest BCUT2D eigenvalue weighted by atomic mass is 35.5. The highest BCUT2D eigenvalue weighted by molar-refractivity contribution is 6.31. The molecular formula is C16H26ClNO. The van der Waals surface area contributed by atoms with Crippen molar-refractivity contribution in [2.24, 2.45) is 0 Å². The summed E-state index contributed by atoms with van der Waals surface area (Å²) in [5.41, 5.74) is 0.929.